The predicted molar refractivity (Wildman–Crippen MR) is 55.2 cm³/mol. The van der Waals surface area contributed by atoms with Crippen molar-refractivity contribution in [2.75, 3.05) is 19.8 Å². The van der Waals surface area contributed by atoms with Crippen molar-refractivity contribution in [1.82, 2.24) is 10.5 Å². The Kier molecular flexibility index (Phi) is 4.71. The van der Waals surface area contributed by atoms with Crippen molar-refractivity contribution in [1.29, 1.82) is 0 Å². The summed E-state index contributed by atoms with van der Waals surface area (Å²) in [5.41, 5.74) is 0.729. The summed E-state index contributed by atoms with van der Waals surface area (Å²) in [7, 11) is 0. The summed E-state index contributed by atoms with van der Waals surface area (Å²) in [6, 6.07) is 0. The molecule has 0 aromatic carbocycles. The third kappa shape index (κ3) is 4.36. The zero-order valence-electron chi connectivity index (χ0n) is 9.93. The van der Waals surface area contributed by atoms with E-state index in [1.165, 1.54) is 0 Å². The Hall–Kier alpha value is -1.57. The fourth-order valence-corrected chi connectivity index (χ4v) is 1.32. The molecule has 1 N–H and O–H groups in total. The maximum Gasteiger partial charge on any atom is 0.411 e. The maximum absolute atomic E-state index is 11.7. The van der Waals surface area contributed by atoms with Crippen LogP contribution in [-0.2, 0) is 4.74 Å². The lowest BCUT2D eigenvalue weighted by Gasteiger charge is -2.08. The normalized spacial score (nSPS) is 11.6. The molecule has 102 valence electrons. The molecule has 0 bridgehead atoms. The van der Waals surface area contributed by atoms with Gasteiger partial charge >= 0.3 is 6.18 Å². The van der Waals surface area contributed by atoms with Crippen LogP contribution in [0.15, 0.2) is 4.52 Å². The summed E-state index contributed by atoms with van der Waals surface area (Å²) in [5.74, 6) is -0.0805. The molecular weight excluding hydrogens is 253 g/mol. The van der Waals surface area contributed by atoms with E-state index in [1.807, 2.05) is 0 Å². The molecule has 1 rings (SSSR count). The van der Waals surface area contributed by atoms with E-state index < -0.39 is 18.7 Å². The smallest absolute Gasteiger partial charge is 0.370 e. The molecule has 0 saturated heterocycles. The van der Waals surface area contributed by atoms with E-state index in [4.69, 9.17) is 4.52 Å². The number of nitrogens with one attached hydrogen (secondary N) is 1. The Balaban J connectivity index is 2.31. The molecule has 0 atom stereocenters. The van der Waals surface area contributed by atoms with Crippen LogP contribution in [-0.4, -0.2) is 37.0 Å². The predicted octanol–water partition coefficient (Wildman–Crippen LogP) is 1.60. The average molecular weight is 266 g/mol. The fourth-order valence-electron chi connectivity index (χ4n) is 1.32. The molecule has 0 fully saturated rings. The van der Waals surface area contributed by atoms with Gasteiger partial charge in [-0.15, -0.1) is 0 Å². The van der Waals surface area contributed by atoms with Gasteiger partial charge in [0, 0.05) is 6.54 Å². The average Bonchev–Trinajstić information content (AvgIpc) is 2.56. The zero-order chi connectivity index (χ0) is 13.8. The van der Waals surface area contributed by atoms with Crippen molar-refractivity contribution >= 4 is 5.91 Å². The van der Waals surface area contributed by atoms with Crippen LogP contribution in [0.25, 0.3) is 0 Å². The van der Waals surface area contributed by atoms with Crippen LogP contribution in [0.5, 0.6) is 0 Å². The van der Waals surface area contributed by atoms with Gasteiger partial charge in [-0.1, -0.05) is 5.16 Å². The Morgan fingerprint density at radius 1 is 1.44 bits per heavy atom. The van der Waals surface area contributed by atoms with Gasteiger partial charge < -0.3 is 14.6 Å². The number of nitrogens with zero attached hydrogens (tertiary/aromatic N) is 1. The molecule has 1 aromatic rings. The van der Waals surface area contributed by atoms with Gasteiger partial charge in [-0.2, -0.15) is 13.2 Å². The highest BCUT2D eigenvalue weighted by atomic mass is 19.4. The molecule has 0 aliphatic carbocycles. The summed E-state index contributed by atoms with van der Waals surface area (Å²) in [4.78, 5) is 11.6. The molecule has 0 spiro atoms. The SMILES string of the molecule is Cc1noc(C)c1C(=O)NCCOCC(F)(F)F. The standard InChI is InChI=1S/C10H13F3N2O3/c1-6-8(7(2)18-15-6)9(16)14-3-4-17-5-10(11,12)13/h3-5H2,1-2H3,(H,14,16). The number of amides is 1. The van der Waals surface area contributed by atoms with Gasteiger partial charge in [0.05, 0.1) is 12.3 Å². The first kappa shape index (κ1) is 14.5. The van der Waals surface area contributed by atoms with Crippen LogP contribution in [0.2, 0.25) is 0 Å². The lowest BCUT2D eigenvalue weighted by Crippen LogP contribution is -2.29. The lowest BCUT2D eigenvalue weighted by atomic mass is 10.2. The Bertz CT molecular complexity index is 395. The summed E-state index contributed by atoms with van der Waals surface area (Å²) >= 11 is 0. The molecule has 1 heterocycles. The summed E-state index contributed by atoms with van der Waals surface area (Å²) in [6.45, 7) is 1.63. The van der Waals surface area contributed by atoms with Crippen molar-refractivity contribution in [3.8, 4) is 0 Å². The minimum Gasteiger partial charge on any atom is -0.370 e. The molecule has 0 unspecified atom stereocenters. The van der Waals surface area contributed by atoms with Crippen LogP contribution >= 0.6 is 0 Å². The molecule has 18 heavy (non-hydrogen) atoms. The number of halogens is 3. The molecule has 0 aliphatic rings. The maximum atomic E-state index is 11.7. The Morgan fingerprint density at radius 2 is 2.11 bits per heavy atom. The van der Waals surface area contributed by atoms with Crippen molar-refractivity contribution < 1.29 is 27.2 Å². The second-order valence-corrected chi connectivity index (χ2v) is 3.62. The second-order valence-electron chi connectivity index (χ2n) is 3.62. The lowest BCUT2D eigenvalue weighted by molar-refractivity contribution is -0.173. The molecule has 1 amide bonds. The van der Waals surface area contributed by atoms with Gasteiger partial charge in [0.2, 0.25) is 0 Å². The van der Waals surface area contributed by atoms with Crippen molar-refractivity contribution in [2.45, 2.75) is 20.0 Å². The number of rotatable bonds is 5. The second kappa shape index (κ2) is 5.85. The first-order valence-electron chi connectivity index (χ1n) is 5.17. The van der Waals surface area contributed by atoms with E-state index >= 15 is 0 Å². The van der Waals surface area contributed by atoms with Gasteiger partial charge in [-0.05, 0) is 13.8 Å². The van der Waals surface area contributed by atoms with E-state index in [0.717, 1.165) is 0 Å². The topological polar surface area (TPSA) is 64.4 Å². The number of carbonyl (C=O) groups is 1. The van der Waals surface area contributed by atoms with Gasteiger partial charge in [0.15, 0.2) is 0 Å². The largest absolute Gasteiger partial charge is 0.411 e. The van der Waals surface area contributed by atoms with E-state index in [9.17, 15) is 18.0 Å². The zero-order valence-corrected chi connectivity index (χ0v) is 9.93. The summed E-state index contributed by atoms with van der Waals surface area (Å²) < 4.78 is 44.4. The van der Waals surface area contributed by atoms with Gasteiger partial charge in [0.1, 0.15) is 17.9 Å². The molecular formula is C10H13F3N2O3. The minimum atomic E-state index is -4.36. The number of ether oxygens (including phenoxy) is 1. The minimum absolute atomic E-state index is 0.0149. The van der Waals surface area contributed by atoms with E-state index in [0.29, 0.717) is 17.0 Å². The number of alkyl halides is 3. The van der Waals surface area contributed by atoms with Crippen LogP contribution in [0.4, 0.5) is 13.2 Å². The van der Waals surface area contributed by atoms with Crippen molar-refractivity contribution in [3.05, 3.63) is 17.0 Å². The van der Waals surface area contributed by atoms with Crippen LogP contribution in [0, 0.1) is 13.8 Å². The monoisotopic (exact) mass is 266 g/mol. The summed E-state index contributed by atoms with van der Waals surface area (Å²) in [6.07, 6.45) is -4.36. The number of aryl methyl sites for hydroxylation is 2. The quantitative estimate of drug-likeness (QED) is 0.822. The van der Waals surface area contributed by atoms with E-state index in [-0.39, 0.29) is 13.2 Å². The Morgan fingerprint density at radius 3 is 2.61 bits per heavy atom. The van der Waals surface area contributed by atoms with Gasteiger partial charge in [-0.3, -0.25) is 4.79 Å². The van der Waals surface area contributed by atoms with E-state index in [1.54, 1.807) is 13.8 Å². The van der Waals surface area contributed by atoms with Crippen LogP contribution in [0.3, 0.4) is 0 Å². The first-order valence-corrected chi connectivity index (χ1v) is 5.17. The number of aromatic nitrogens is 1. The molecule has 0 radical (unpaired) electrons. The molecule has 8 heteroatoms. The third-order valence-corrected chi connectivity index (χ3v) is 2.06. The van der Waals surface area contributed by atoms with Gasteiger partial charge in [0.25, 0.3) is 5.91 Å². The van der Waals surface area contributed by atoms with Crippen molar-refractivity contribution in [2.24, 2.45) is 0 Å². The Labute approximate surface area is 101 Å². The number of hydrogen-bond acceptors (Lipinski definition) is 4. The molecule has 5 nitrogen and oxygen atoms in total. The highest BCUT2D eigenvalue weighted by Gasteiger charge is 2.27. The molecule has 0 saturated carbocycles. The van der Waals surface area contributed by atoms with Crippen LogP contribution < -0.4 is 5.32 Å². The van der Waals surface area contributed by atoms with E-state index in [2.05, 4.69) is 15.2 Å². The molecule has 0 aliphatic heterocycles. The number of carbonyl (C=O) groups excluding carboxylic acids is 1. The third-order valence-electron chi connectivity index (χ3n) is 2.06. The van der Waals surface area contributed by atoms with Crippen LogP contribution in [0.1, 0.15) is 21.8 Å². The highest BCUT2D eigenvalue weighted by Crippen LogP contribution is 2.14. The van der Waals surface area contributed by atoms with Crippen molar-refractivity contribution in [3.63, 3.8) is 0 Å². The first-order chi connectivity index (χ1) is 8.31. The molecule has 1 aromatic heterocycles. The summed E-state index contributed by atoms with van der Waals surface area (Å²) in [5, 5.41) is 6.02. The number of hydrogen-bond donors (Lipinski definition) is 1. The fraction of sp³-hybridized carbons (Fsp3) is 0.600. The van der Waals surface area contributed by atoms with Gasteiger partial charge in [-0.25, -0.2) is 0 Å². The highest BCUT2D eigenvalue weighted by molar-refractivity contribution is 5.96.